The normalized spacial score (nSPS) is 16.9. The number of rotatable bonds is 5. The molecule has 0 aliphatic carbocycles. The van der Waals surface area contributed by atoms with Crippen molar-refractivity contribution < 1.29 is 0 Å². The van der Waals surface area contributed by atoms with Crippen molar-refractivity contribution in [3.05, 3.63) is 53.4 Å². The molecule has 140 valence electrons. The summed E-state index contributed by atoms with van der Waals surface area (Å²) in [5.74, 6) is 1.68. The fourth-order valence-corrected chi connectivity index (χ4v) is 3.18. The maximum Gasteiger partial charge on any atom is 0.191 e. The van der Waals surface area contributed by atoms with Crippen LogP contribution in [0.5, 0.6) is 0 Å². The Morgan fingerprint density at radius 3 is 2.92 bits per heavy atom. The molecule has 2 aromatic rings. The van der Waals surface area contributed by atoms with Crippen LogP contribution < -0.4 is 15.5 Å². The molecule has 1 aliphatic rings. The Hall–Kier alpha value is -1.61. The first kappa shape index (κ1) is 20.7. The van der Waals surface area contributed by atoms with Gasteiger partial charge in [0.2, 0.25) is 0 Å². The third kappa shape index (κ3) is 5.70. The van der Waals surface area contributed by atoms with Gasteiger partial charge in [-0.3, -0.25) is 9.98 Å². The van der Waals surface area contributed by atoms with Crippen molar-refractivity contribution in [1.29, 1.82) is 0 Å². The molecule has 1 fully saturated rings. The highest BCUT2D eigenvalue weighted by molar-refractivity contribution is 14.0. The van der Waals surface area contributed by atoms with Crippen LogP contribution in [0.25, 0.3) is 0 Å². The molecule has 8 heteroatoms. The zero-order chi connectivity index (χ0) is 17.5. The number of anilines is 1. The summed E-state index contributed by atoms with van der Waals surface area (Å²) in [6, 6.07) is 8.09. The quantitative estimate of drug-likeness (QED) is 0.387. The Bertz CT molecular complexity index is 712. The molecule has 1 saturated heterocycles. The van der Waals surface area contributed by atoms with Crippen LogP contribution in [0, 0.1) is 0 Å². The molecular formula is C18H24ClIN6. The van der Waals surface area contributed by atoms with Gasteiger partial charge < -0.3 is 15.5 Å². The SMILES string of the molecule is CN=C(NCCc1cccnc1)NC1CCN(c2ncccc2Cl)C1.I. The van der Waals surface area contributed by atoms with Crippen molar-refractivity contribution in [2.75, 3.05) is 31.6 Å². The van der Waals surface area contributed by atoms with Gasteiger partial charge in [0.25, 0.3) is 0 Å². The Kier molecular flexibility index (Phi) is 8.37. The van der Waals surface area contributed by atoms with Gasteiger partial charge in [0.15, 0.2) is 5.96 Å². The number of guanidine groups is 1. The third-order valence-corrected chi connectivity index (χ3v) is 4.52. The van der Waals surface area contributed by atoms with Crippen molar-refractivity contribution >= 4 is 47.4 Å². The Balaban J connectivity index is 0.00000243. The summed E-state index contributed by atoms with van der Waals surface area (Å²) in [6.45, 7) is 2.61. The number of nitrogens with zero attached hydrogens (tertiary/aromatic N) is 4. The fraction of sp³-hybridized carbons (Fsp3) is 0.389. The van der Waals surface area contributed by atoms with E-state index in [0.717, 1.165) is 44.3 Å². The summed E-state index contributed by atoms with van der Waals surface area (Å²) >= 11 is 6.25. The lowest BCUT2D eigenvalue weighted by Gasteiger charge is -2.20. The molecule has 6 nitrogen and oxygen atoms in total. The molecule has 1 atom stereocenters. The van der Waals surface area contributed by atoms with Crippen LogP contribution in [0.1, 0.15) is 12.0 Å². The first-order valence-corrected chi connectivity index (χ1v) is 8.85. The Morgan fingerprint density at radius 2 is 2.19 bits per heavy atom. The second-order valence-corrected chi connectivity index (χ2v) is 6.40. The predicted octanol–water partition coefficient (Wildman–Crippen LogP) is 2.73. The van der Waals surface area contributed by atoms with Gasteiger partial charge in [0.1, 0.15) is 5.82 Å². The molecule has 2 aromatic heterocycles. The van der Waals surface area contributed by atoms with Crippen LogP contribution in [-0.2, 0) is 6.42 Å². The van der Waals surface area contributed by atoms with E-state index in [-0.39, 0.29) is 24.0 Å². The van der Waals surface area contributed by atoms with Gasteiger partial charge in [-0.25, -0.2) is 4.98 Å². The number of halogens is 2. The highest BCUT2D eigenvalue weighted by atomic mass is 127. The maximum atomic E-state index is 6.25. The van der Waals surface area contributed by atoms with Gasteiger partial charge in [0.05, 0.1) is 5.02 Å². The van der Waals surface area contributed by atoms with Crippen molar-refractivity contribution in [1.82, 2.24) is 20.6 Å². The lowest BCUT2D eigenvalue weighted by Crippen LogP contribution is -2.45. The second-order valence-electron chi connectivity index (χ2n) is 6.00. The highest BCUT2D eigenvalue weighted by Gasteiger charge is 2.25. The first-order valence-electron chi connectivity index (χ1n) is 8.48. The van der Waals surface area contributed by atoms with Gasteiger partial charge >= 0.3 is 0 Å². The third-order valence-electron chi connectivity index (χ3n) is 4.22. The summed E-state index contributed by atoms with van der Waals surface area (Å²) in [5, 5.41) is 7.54. The molecule has 26 heavy (non-hydrogen) atoms. The summed E-state index contributed by atoms with van der Waals surface area (Å²) in [7, 11) is 1.79. The molecule has 0 spiro atoms. The topological polar surface area (TPSA) is 65.4 Å². The smallest absolute Gasteiger partial charge is 0.191 e. The largest absolute Gasteiger partial charge is 0.356 e. The van der Waals surface area contributed by atoms with E-state index >= 15 is 0 Å². The van der Waals surface area contributed by atoms with Gasteiger partial charge in [-0.05, 0) is 36.6 Å². The van der Waals surface area contributed by atoms with E-state index in [4.69, 9.17) is 11.6 Å². The van der Waals surface area contributed by atoms with Crippen LogP contribution in [0.2, 0.25) is 5.02 Å². The molecule has 0 aromatic carbocycles. The predicted molar refractivity (Wildman–Crippen MR) is 118 cm³/mol. The second kappa shape index (κ2) is 10.5. The number of pyridine rings is 2. The number of hydrogen-bond donors (Lipinski definition) is 2. The number of hydrogen-bond acceptors (Lipinski definition) is 4. The fourth-order valence-electron chi connectivity index (χ4n) is 2.94. The Morgan fingerprint density at radius 1 is 1.35 bits per heavy atom. The van der Waals surface area contributed by atoms with Crippen molar-refractivity contribution in [3.63, 3.8) is 0 Å². The van der Waals surface area contributed by atoms with Crippen LogP contribution in [-0.4, -0.2) is 48.7 Å². The van der Waals surface area contributed by atoms with Gasteiger partial charge in [-0.2, -0.15) is 0 Å². The zero-order valence-electron chi connectivity index (χ0n) is 14.7. The van der Waals surface area contributed by atoms with Crippen molar-refractivity contribution in [2.45, 2.75) is 18.9 Å². The average Bonchev–Trinajstić information content (AvgIpc) is 3.10. The van der Waals surface area contributed by atoms with Crippen LogP contribution in [0.15, 0.2) is 47.8 Å². The molecule has 0 radical (unpaired) electrons. The lowest BCUT2D eigenvalue weighted by molar-refractivity contribution is 0.648. The van der Waals surface area contributed by atoms with Crippen molar-refractivity contribution in [2.24, 2.45) is 4.99 Å². The molecule has 1 aliphatic heterocycles. The summed E-state index contributed by atoms with van der Waals surface area (Å²) in [4.78, 5) is 15.1. The van der Waals surface area contributed by atoms with E-state index in [9.17, 15) is 0 Å². The summed E-state index contributed by atoms with van der Waals surface area (Å²) in [6.07, 6.45) is 7.40. The van der Waals surface area contributed by atoms with Crippen LogP contribution >= 0.6 is 35.6 Å². The highest BCUT2D eigenvalue weighted by Crippen LogP contribution is 2.25. The van der Waals surface area contributed by atoms with Crippen LogP contribution in [0.4, 0.5) is 5.82 Å². The molecule has 0 bridgehead atoms. The molecule has 3 heterocycles. The van der Waals surface area contributed by atoms with E-state index in [1.807, 2.05) is 24.4 Å². The lowest BCUT2D eigenvalue weighted by atomic mass is 10.2. The molecule has 2 N–H and O–H groups in total. The van der Waals surface area contributed by atoms with E-state index in [1.165, 1.54) is 5.56 Å². The molecule has 1 unspecified atom stereocenters. The molecule has 0 amide bonds. The number of aromatic nitrogens is 2. The average molecular weight is 487 g/mol. The van der Waals surface area contributed by atoms with E-state index in [2.05, 4.69) is 36.6 Å². The van der Waals surface area contributed by atoms with E-state index in [0.29, 0.717) is 11.1 Å². The van der Waals surface area contributed by atoms with Gasteiger partial charge in [-0.15, -0.1) is 24.0 Å². The van der Waals surface area contributed by atoms with E-state index in [1.54, 1.807) is 19.4 Å². The maximum absolute atomic E-state index is 6.25. The van der Waals surface area contributed by atoms with E-state index < -0.39 is 0 Å². The minimum absolute atomic E-state index is 0. The standard InChI is InChI=1S/C18H23ClN6.HI/c1-20-18(23-10-6-14-4-2-8-21-12-14)24-15-7-11-25(13-15)17-16(19)5-3-9-22-17;/h2-5,8-9,12,15H,6-7,10-11,13H2,1H3,(H2,20,23,24);1H. The first-order chi connectivity index (χ1) is 12.3. The van der Waals surface area contributed by atoms with Gasteiger partial charge in [-0.1, -0.05) is 17.7 Å². The monoisotopic (exact) mass is 486 g/mol. The summed E-state index contributed by atoms with van der Waals surface area (Å²) < 4.78 is 0. The van der Waals surface area contributed by atoms with Gasteiger partial charge in [0, 0.05) is 51.3 Å². The minimum Gasteiger partial charge on any atom is -0.356 e. The molecular weight excluding hydrogens is 463 g/mol. The summed E-state index contributed by atoms with van der Waals surface area (Å²) in [5.41, 5.74) is 1.21. The van der Waals surface area contributed by atoms with Crippen molar-refractivity contribution in [3.8, 4) is 0 Å². The number of nitrogens with one attached hydrogen (secondary N) is 2. The molecule has 3 rings (SSSR count). The minimum atomic E-state index is 0. The number of aliphatic imine (C=N–C) groups is 1. The van der Waals surface area contributed by atoms with Crippen LogP contribution in [0.3, 0.4) is 0 Å². The zero-order valence-corrected chi connectivity index (χ0v) is 17.8. The molecule has 0 saturated carbocycles. The Labute approximate surface area is 176 Å².